The van der Waals surface area contributed by atoms with Gasteiger partial charge in [0.05, 0.1) is 0 Å². The van der Waals surface area contributed by atoms with Crippen LogP contribution in [0.25, 0.3) is 4.48 Å². The van der Waals surface area contributed by atoms with Crippen LogP contribution in [0.4, 0.5) is 5.69 Å². The minimum absolute atomic E-state index is 0.763. The van der Waals surface area contributed by atoms with E-state index in [9.17, 15) is 0 Å². The van der Waals surface area contributed by atoms with Crippen molar-refractivity contribution in [2.45, 2.75) is 6.92 Å². The van der Waals surface area contributed by atoms with E-state index in [-0.39, 0.29) is 0 Å². The summed E-state index contributed by atoms with van der Waals surface area (Å²) in [6.07, 6.45) is 2.00. The second-order valence-electron chi connectivity index (χ2n) is 2.66. The molecule has 1 nitrogen and oxygen atoms in total. The van der Waals surface area contributed by atoms with Crippen molar-refractivity contribution >= 4 is 39.4 Å². The summed E-state index contributed by atoms with van der Waals surface area (Å²) in [5, 5.41) is 3.08. The molecule has 0 aromatic heterocycles. The van der Waals surface area contributed by atoms with Crippen molar-refractivity contribution in [2.24, 2.45) is 0 Å². The van der Waals surface area contributed by atoms with Crippen LogP contribution in [0.2, 0.25) is 0 Å². The zero-order chi connectivity index (χ0) is 9.84. The second-order valence-corrected chi connectivity index (χ2v) is 3.51. The fourth-order valence-corrected chi connectivity index (χ4v) is 1.53. The number of hydrogen-bond donors (Lipinski definition) is 1. The largest absolute Gasteiger partial charge is 0.388 e. The van der Waals surface area contributed by atoms with Crippen LogP contribution < -0.4 is 10.8 Å². The smallest absolute Gasteiger partial charge is 0.116 e. The van der Waals surface area contributed by atoms with Gasteiger partial charge in [0.2, 0.25) is 0 Å². The summed E-state index contributed by atoms with van der Waals surface area (Å²) in [6, 6.07) is 5.84. The normalized spacial score (nSPS) is 11.5. The number of rotatable bonds is 2. The van der Waals surface area contributed by atoms with E-state index in [0.29, 0.717) is 0 Å². The highest BCUT2D eigenvalue weighted by molar-refractivity contribution is 9.15. The van der Waals surface area contributed by atoms with Gasteiger partial charge in [-0.1, -0.05) is 45.7 Å². The quantitative estimate of drug-likeness (QED) is 0.776. The maximum atomic E-state index is 5.81. The zero-order valence-corrected chi connectivity index (χ0v) is 9.35. The van der Waals surface area contributed by atoms with Crippen molar-refractivity contribution in [3.63, 3.8) is 0 Å². The predicted octanol–water partition coefficient (Wildman–Crippen LogP) is 2.28. The third-order valence-electron chi connectivity index (χ3n) is 1.86. The van der Waals surface area contributed by atoms with Crippen LogP contribution in [-0.4, -0.2) is 14.9 Å². The Morgan fingerprint density at radius 2 is 2.23 bits per heavy atom. The molecule has 1 aromatic carbocycles. The molecule has 0 saturated heterocycles. The van der Waals surface area contributed by atoms with E-state index < -0.39 is 0 Å². The Morgan fingerprint density at radius 1 is 1.54 bits per heavy atom. The first-order valence-corrected chi connectivity index (χ1v) is 4.88. The Morgan fingerprint density at radius 3 is 2.77 bits per heavy atom. The van der Waals surface area contributed by atoms with Gasteiger partial charge in [0, 0.05) is 22.8 Å². The molecular formula is C10H11BBrN. The van der Waals surface area contributed by atoms with Gasteiger partial charge < -0.3 is 5.32 Å². The van der Waals surface area contributed by atoms with Gasteiger partial charge in [0.25, 0.3) is 0 Å². The standard InChI is InChI=1S/C10H11BBrN/c1-3-9(12)7-5-4-6-8(11)10(7)13-2/h3-6,13H,1-2H3/b9-3+. The number of benzene rings is 1. The molecule has 13 heavy (non-hydrogen) atoms. The van der Waals surface area contributed by atoms with E-state index in [4.69, 9.17) is 7.85 Å². The molecule has 0 amide bonds. The van der Waals surface area contributed by atoms with Crippen molar-refractivity contribution in [1.82, 2.24) is 0 Å². The molecule has 2 radical (unpaired) electrons. The third kappa shape index (κ3) is 2.16. The van der Waals surface area contributed by atoms with Gasteiger partial charge in [0.15, 0.2) is 0 Å². The lowest BCUT2D eigenvalue weighted by Crippen LogP contribution is -2.11. The van der Waals surface area contributed by atoms with Crippen molar-refractivity contribution in [3.8, 4) is 0 Å². The van der Waals surface area contributed by atoms with Gasteiger partial charge in [-0.05, 0) is 6.92 Å². The van der Waals surface area contributed by atoms with E-state index in [2.05, 4.69) is 21.2 Å². The van der Waals surface area contributed by atoms with Gasteiger partial charge >= 0.3 is 0 Å². The second kappa shape index (κ2) is 4.52. The summed E-state index contributed by atoms with van der Waals surface area (Å²) in [5.74, 6) is 0. The summed E-state index contributed by atoms with van der Waals surface area (Å²) in [4.78, 5) is 0. The molecule has 1 rings (SSSR count). The van der Waals surface area contributed by atoms with E-state index in [1.165, 1.54) is 0 Å². The first kappa shape index (κ1) is 10.4. The number of anilines is 1. The average molecular weight is 236 g/mol. The molecule has 0 fully saturated rings. The summed E-state index contributed by atoms with van der Waals surface area (Å²) in [6.45, 7) is 1.98. The molecule has 66 valence electrons. The maximum absolute atomic E-state index is 5.81. The Kier molecular flexibility index (Phi) is 3.61. The molecule has 0 aliphatic carbocycles. The molecule has 0 aliphatic rings. The number of para-hydroxylation sites is 1. The first-order valence-electron chi connectivity index (χ1n) is 4.09. The van der Waals surface area contributed by atoms with Crippen molar-refractivity contribution in [3.05, 3.63) is 29.8 Å². The van der Waals surface area contributed by atoms with Crippen LogP contribution in [0.3, 0.4) is 0 Å². The average Bonchev–Trinajstić information content (AvgIpc) is 2.16. The summed E-state index contributed by atoms with van der Waals surface area (Å²) < 4.78 is 1.05. The molecule has 0 unspecified atom stereocenters. The Hall–Kier alpha value is -0.695. The highest BCUT2D eigenvalue weighted by atomic mass is 79.9. The van der Waals surface area contributed by atoms with Gasteiger partial charge in [-0.15, -0.1) is 0 Å². The lowest BCUT2D eigenvalue weighted by Gasteiger charge is -2.11. The van der Waals surface area contributed by atoms with Crippen LogP contribution in [-0.2, 0) is 0 Å². The minimum atomic E-state index is 0.763. The zero-order valence-electron chi connectivity index (χ0n) is 7.76. The van der Waals surface area contributed by atoms with Crippen LogP contribution in [0, 0.1) is 0 Å². The molecular weight excluding hydrogens is 225 g/mol. The van der Waals surface area contributed by atoms with Crippen LogP contribution in [0.15, 0.2) is 24.3 Å². The fraction of sp³-hybridized carbons (Fsp3) is 0.200. The monoisotopic (exact) mass is 235 g/mol. The van der Waals surface area contributed by atoms with E-state index >= 15 is 0 Å². The Bertz CT molecular complexity index is 334. The first-order chi connectivity index (χ1) is 6.20. The van der Waals surface area contributed by atoms with Gasteiger partial charge in [0.1, 0.15) is 7.85 Å². The number of halogens is 1. The molecule has 0 bridgehead atoms. The molecule has 0 aliphatic heterocycles. The van der Waals surface area contributed by atoms with E-state index in [1.807, 2.05) is 38.2 Å². The summed E-state index contributed by atoms with van der Waals surface area (Å²) in [5.41, 5.74) is 2.82. The van der Waals surface area contributed by atoms with E-state index in [0.717, 1.165) is 21.2 Å². The number of hydrogen-bond acceptors (Lipinski definition) is 1. The molecule has 3 heteroatoms. The molecule has 0 spiro atoms. The fourth-order valence-electron chi connectivity index (χ4n) is 1.20. The molecule has 0 heterocycles. The number of nitrogens with one attached hydrogen (secondary N) is 1. The summed E-state index contributed by atoms with van der Waals surface area (Å²) in [7, 11) is 7.68. The highest BCUT2D eigenvalue weighted by Gasteiger charge is 2.04. The third-order valence-corrected chi connectivity index (χ3v) is 2.74. The highest BCUT2D eigenvalue weighted by Crippen LogP contribution is 2.26. The van der Waals surface area contributed by atoms with Crippen LogP contribution in [0.1, 0.15) is 12.5 Å². The topological polar surface area (TPSA) is 12.0 Å². The van der Waals surface area contributed by atoms with Crippen molar-refractivity contribution in [1.29, 1.82) is 0 Å². The molecule has 1 N–H and O–H groups in total. The van der Waals surface area contributed by atoms with Crippen molar-refractivity contribution in [2.75, 3.05) is 12.4 Å². The van der Waals surface area contributed by atoms with Gasteiger partial charge in [-0.2, -0.15) is 0 Å². The lowest BCUT2D eigenvalue weighted by atomic mass is 9.91. The van der Waals surface area contributed by atoms with Gasteiger partial charge in [-0.3, -0.25) is 0 Å². The molecule has 0 saturated carbocycles. The molecule has 1 aromatic rings. The van der Waals surface area contributed by atoms with Crippen molar-refractivity contribution < 1.29 is 0 Å². The SMILES string of the molecule is [B]c1cccc(/C(Br)=C\C)c1NC. The number of allylic oxidation sites excluding steroid dienone is 1. The lowest BCUT2D eigenvalue weighted by molar-refractivity contribution is 1.51. The predicted molar refractivity (Wildman–Crippen MR) is 64.0 cm³/mol. The van der Waals surface area contributed by atoms with Crippen LogP contribution in [0.5, 0.6) is 0 Å². The van der Waals surface area contributed by atoms with Crippen LogP contribution >= 0.6 is 15.9 Å². The molecule has 0 atom stereocenters. The summed E-state index contributed by atoms with van der Waals surface area (Å²) >= 11 is 3.48. The van der Waals surface area contributed by atoms with Gasteiger partial charge in [-0.25, -0.2) is 0 Å². The minimum Gasteiger partial charge on any atom is -0.388 e. The Labute approximate surface area is 88.8 Å². The maximum Gasteiger partial charge on any atom is 0.116 e. The van der Waals surface area contributed by atoms with E-state index in [1.54, 1.807) is 0 Å². The Balaban J connectivity index is 3.28.